The van der Waals surface area contributed by atoms with Crippen molar-refractivity contribution in [2.24, 2.45) is 17.6 Å². The number of esters is 1. The molecule has 0 bridgehead atoms. The first-order valence-corrected chi connectivity index (χ1v) is 6.07. The number of hydrogen-bond acceptors (Lipinski definition) is 3. The number of nitrogens with two attached hydrogens (primary N) is 1. The van der Waals surface area contributed by atoms with Crippen LogP contribution in [0.15, 0.2) is 0 Å². The Kier molecular flexibility index (Phi) is 5.69. The Bertz CT molecular complexity index is 186. The molecule has 0 aromatic rings. The van der Waals surface area contributed by atoms with Gasteiger partial charge in [-0.15, -0.1) is 0 Å². The first-order chi connectivity index (χ1) is 7.29. The van der Waals surface area contributed by atoms with Crippen molar-refractivity contribution in [1.29, 1.82) is 0 Å². The molecule has 88 valence electrons. The van der Waals surface area contributed by atoms with E-state index in [1.165, 1.54) is 39.2 Å². The second kappa shape index (κ2) is 6.83. The lowest BCUT2D eigenvalue weighted by Crippen LogP contribution is -2.32. The molecular formula is C12H23NO2. The Morgan fingerprint density at radius 1 is 1.27 bits per heavy atom. The van der Waals surface area contributed by atoms with Gasteiger partial charge in [-0.3, -0.25) is 4.79 Å². The van der Waals surface area contributed by atoms with Crippen LogP contribution in [0.4, 0.5) is 0 Å². The zero-order valence-corrected chi connectivity index (χ0v) is 9.71. The topological polar surface area (TPSA) is 52.3 Å². The summed E-state index contributed by atoms with van der Waals surface area (Å²) >= 11 is 0. The van der Waals surface area contributed by atoms with Gasteiger partial charge in [-0.05, 0) is 18.8 Å². The highest BCUT2D eigenvalue weighted by molar-refractivity contribution is 5.72. The largest absolute Gasteiger partial charge is 0.469 e. The van der Waals surface area contributed by atoms with E-state index in [4.69, 9.17) is 10.5 Å². The van der Waals surface area contributed by atoms with E-state index in [0.29, 0.717) is 12.5 Å². The summed E-state index contributed by atoms with van der Waals surface area (Å²) in [4.78, 5) is 11.5. The molecule has 2 N–H and O–H groups in total. The normalized spacial score (nSPS) is 21.5. The summed E-state index contributed by atoms with van der Waals surface area (Å²) in [5.74, 6) is 0.249. The zero-order valence-electron chi connectivity index (χ0n) is 9.71. The summed E-state index contributed by atoms with van der Waals surface area (Å²) in [5, 5.41) is 0. The lowest BCUT2D eigenvalue weighted by atomic mass is 9.82. The van der Waals surface area contributed by atoms with Crippen LogP contribution >= 0.6 is 0 Å². The van der Waals surface area contributed by atoms with Crippen LogP contribution in [0.5, 0.6) is 0 Å². The van der Waals surface area contributed by atoms with Gasteiger partial charge in [-0.1, -0.05) is 32.1 Å². The van der Waals surface area contributed by atoms with Crippen molar-refractivity contribution in [1.82, 2.24) is 0 Å². The fraction of sp³-hybridized carbons (Fsp3) is 0.917. The Hall–Kier alpha value is -0.570. The lowest BCUT2D eigenvalue weighted by molar-refractivity contribution is -0.147. The number of methoxy groups -OCH3 is 1. The maximum Gasteiger partial charge on any atom is 0.310 e. The molecule has 0 spiro atoms. The maximum atomic E-state index is 11.5. The van der Waals surface area contributed by atoms with E-state index in [2.05, 4.69) is 0 Å². The molecule has 1 atom stereocenters. The minimum atomic E-state index is -0.122. The van der Waals surface area contributed by atoms with Crippen LogP contribution in [0.2, 0.25) is 0 Å². The molecule has 0 aliphatic heterocycles. The van der Waals surface area contributed by atoms with Gasteiger partial charge < -0.3 is 10.5 Å². The van der Waals surface area contributed by atoms with Crippen LogP contribution in [-0.4, -0.2) is 19.6 Å². The third kappa shape index (κ3) is 3.82. The van der Waals surface area contributed by atoms with Crippen molar-refractivity contribution in [3.8, 4) is 0 Å². The molecule has 1 saturated carbocycles. The Morgan fingerprint density at radius 2 is 1.80 bits per heavy atom. The third-order valence-corrected chi connectivity index (χ3v) is 3.48. The van der Waals surface area contributed by atoms with Crippen LogP contribution in [0.25, 0.3) is 0 Å². The summed E-state index contributed by atoms with van der Waals surface area (Å²) in [7, 11) is 1.45. The van der Waals surface area contributed by atoms with Crippen molar-refractivity contribution in [3.05, 3.63) is 0 Å². The smallest absolute Gasteiger partial charge is 0.310 e. The summed E-state index contributed by atoms with van der Waals surface area (Å²) < 4.78 is 4.81. The number of carbonyl (C=O) groups excluding carboxylic acids is 1. The molecule has 0 aromatic carbocycles. The highest BCUT2D eigenvalue weighted by atomic mass is 16.5. The van der Waals surface area contributed by atoms with Crippen molar-refractivity contribution in [2.75, 3.05) is 13.7 Å². The Morgan fingerprint density at radius 3 is 2.27 bits per heavy atom. The summed E-state index contributed by atoms with van der Waals surface area (Å²) in [6.07, 6.45) is 8.69. The highest BCUT2D eigenvalue weighted by Crippen LogP contribution is 2.28. The number of hydrogen-bond donors (Lipinski definition) is 1. The van der Waals surface area contributed by atoms with Gasteiger partial charge in [0.15, 0.2) is 0 Å². The van der Waals surface area contributed by atoms with Gasteiger partial charge >= 0.3 is 5.97 Å². The molecule has 0 heterocycles. The predicted molar refractivity (Wildman–Crippen MR) is 60.4 cm³/mol. The number of rotatable bonds is 3. The summed E-state index contributed by atoms with van der Waals surface area (Å²) in [6, 6.07) is 0. The molecule has 0 aromatic heterocycles. The maximum absolute atomic E-state index is 11.5. The van der Waals surface area contributed by atoms with Crippen LogP contribution in [0.3, 0.4) is 0 Å². The summed E-state index contributed by atoms with van der Waals surface area (Å²) in [5.41, 5.74) is 5.67. The zero-order chi connectivity index (χ0) is 11.1. The average molecular weight is 213 g/mol. The minimum Gasteiger partial charge on any atom is -0.469 e. The van der Waals surface area contributed by atoms with Crippen LogP contribution in [0, 0.1) is 11.8 Å². The molecule has 1 rings (SSSR count). The van der Waals surface area contributed by atoms with Gasteiger partial charge in [-0.2, -0.15) is 0 Å². The molecule has 1 fully saturated rings. The Labute approximate surface area is 92.4 Å². The minimum absolute atomic E-state index is 0.0758. The fourth-order valence-corrected chi connectivity index (χ4v) is 2.52. The molecule has 0 amide bonds. The van der Waals surface area contributed by atoms with Crippen LogP contribution in [0.1, 0.15) is 44.9 Å². The number of carbonyl (C=O) groups is 1. The molecule has 15 heavy (non-hydrogen) atoms. The van der Waals surface area contributed by atoms with Gasteiger partial charge in [-0.25, -0.2) is 0 Å². The van der Waals surface area contributed by atoms with E-state index in [1.54, 1.807) is 0 Å². The first-order valence-electron chi connectivity index (χ1n) is 6.07. The molecule has 0 radical (unpaired) electrons. The highest BCUT2D eigenvalue weighted by Gasteiger charge is 2.27. The molecule has 0 saturated heterocycles. The van der Waals surface area contributed by atoms with E-state index in [-0.39, 0.29) is 11.9 Å². The molecule has 3 heteroatoms. The average Bonchev–Trinajstić information content (AvgIpc) is 2.21. The Balaban J connectivity index is 2.51. The van der Waals surface area contributed by atoms with Crippen LogP contribution in [-0.2, 0) is 9.53 Å². The van der Waals surface area contributed by atoms with Crippen LogP contribution < -0.4 is 5.73 Å². The molecule has 3 nitrogen and oxygen atoms in total. The quantitative estimate of drug-likeness (QED) is 0.730. The lowest BCUT2D eigenvalue weighted by Gasteiger charge is -2.25. The van der Waals surface area contributed by atoms with Gasteiger partial charge in [0.25, 0.3) is 0 Å². The summed E-state index contributed by atoms with van der Waals surface area (Å²) in [6.45, 7) is 0.428. The monoisotopic (exact) mass is 213 g/mol. The second-order valence-electron chi connectivity index (χ2n) is 4.47. The SMILES string of the molecule is COC(=O)C(CN)C1CCCCCCC1. The van der Waals surface area contributed by atoms with Crippen molar-refractivity contribution < 1.29 is 9.53 Å². The molecular weight excluding hydrogens is 190 g/mol. The standard InChI is InChI=1S/C12H23NO2/c1-15-12(14)11(9-13)10-7-5-3-2-4-6-8-10/h10-11H,2-9,13H2,1H3. The molecule has 1 unspecified atom stereocenters. The van der Waals surface area contributed by atoms with Gasteiger partial charge in [0, 0.05) is 6.54 Å². The molecule has 1 aliphatic rings. The number of ether oxygens (including phenoxy) is 1. The first kappa shape index (κ1) is 12.5. The van der Waals surface area contributed by atoms with Crippen molar-refractivity contribution in [2.45, 2.75) is 44.9 Å². The van der Waals surface area contributed by atoms with Gasteiger partial charge in [0.1, 0.15) is 0 Å². The van der Waals surface area contributed by atoms with E-state index < -0.39 is 0 Å². The van der Waals surface area contributed by atoms with E-state index >= 15 is 0 Å². The van der Waals surface area contributed by atoms with Gasteiger partial charge in [0.2, 0.25) is 0 Å². The van der Waals surface area contributed by atoms with Crippen molar-refractivity contribution >= 4 is 5.97 Å². The van der Waals surface area contributed by atoms with E-state index in [9.17, 15) is 4.79 Å². The van der Waals surface area contributed by atoms with E-state index in [0.717, 1.165) is 12.8 Å². The predicted octanol–water partition coefficient (Wildman–Crippen LogP) is 2.09. The van der Waals surface area contributed by atoms with E-state index in [1.807, 2.05) is 0 Å². The van der Waals surface area contributed by atoms with Crippen molar-refractivity contribution in [3.63, 3.8) is 0 Å². The fourth-order valence-electron chi connectivity index (χ4n) is 2.52. The third-order valence-electron chi connectivity index (χ3n) is 3.48. The second-order valence-corrected chi connectivity index (χ2v) is 4.47. The van der Waals surface area contributed by atoms with Gasteiger partial charge in [0.05, 0.1) is 13.0 Å². The molecule has 1 aliphatic carbocycles.